The summed E-state index contributed by atoms with van der Waals surface area (Å²) in [4.78, 5) is 16.8. The molecule has 0 unspecified atom stereocenters. The molecule has 4 rings (SSSR count). The molecular formula is C21H33N3O. The van der Waals surface area contributed by atoms with Crippen molar-refractivity contribution in [2.24, 2.45) is 0 Å². The van der Waals surface area contributed by atoms with Gasteiger partial charge in [0.15, 0.2) is 0 Å². The van der Waals surface area contributed by atoms with Crippen molar-refractivity contribution >= 4 is 5.91 Å². The van der Waals surface area contributed by atoms with Crippen LogP contribution < -0.4 is 5.32 Å². The van der Waals surface area contributed by atoms with E-state index < -0.39 is 0 Å². The summed E-state index contributed by atoms with van der Waals surface area (Å²) < 4.78 is 0. The van der Waals surface area contributed by atoms with E-state index in [9.17, 15) is 4.79 Å². The number of hydrogen-bond donors (Lipinski definition) is 1. The molecule has 2 fully saturated rings. The third kappa shape index (κ3) is 3.22. The molecule has 2 heterocycles. The topological polar surface area (TPSA) is 35.6 Å². The van der Waals surface area contributed by atoms with Gasteiger partial charge in [-0.2, -0.15) is 0 Å². The van der Waals surface area contributed by atoms with Crippen LogP contribution in [0.1, 0.15) is 57.6 Å². The number of hydrogen-bond acceptors (Lipinski definition) is 3. The SMILES string of the molecule is CC(=O)N[C@H]1CC2(CCN(C3CCN(C)CC3)CC2)c2ccccc21.[HH]. The minimum Gasteiger partial charge on any atom is -0.349 e. The van der Waals surface area contributed by atoms with Crippen LogP contribution in [0.5, 0.6) is 0 Å². The number of carbonyl (C=O) groups is 1. The van der Waals surface area contributed by atoms with E-state index in [1.165, 1.54) is 63.0 Å². The second-order valence-electron chi connectivity index (χ2n) is 8.40. The van der Waals surface area contributed by atoms with Crippen LogP contribution in [0.2, 0.25) is 0 Å². The molecule has 0 bridgehead atoms. The normalized spacial score (nSPS) is 27.4. The van der Waals surface area contributed by atoms with Gasteiger partial charge in [-0.25, -0.2) is 0 Å². The van der Waals surface area contributed by atoms with Crippen molar-refractivity contribution in [3.63, 3.8) is 0 Å². The summed E-state index contributed by atoms with van der Waals surface area (Å²) in [6.45, 7) is 6.51. The molecule has 0 aromatic heterocycles. The Labute approximate surface area is 153 Å². The van der Waals surface area contributed by atoms with Crippen LogP contribution in [0.3, 0.4) is 0 Å². The molecule has 1 amide bonds. The van der Waals surface area contributed by atoms with E-state index in [1.807, 2.05) is 0 Å². The minimum absolute atomic E-state index is 0. The van der Waals surface area contributed by atoms with Gasteiger partial charge < -0.3 is 15.1 Å². The number of nitrogens with one attached hydrogen (secondary N) is 1. The Bertz CT molecular complexity index is 634. The second-order valence-corrected chi connectivity index (χ2v) is 8.40. The summed E-state index contributed by atoms with van der Waals surface area (Å²) in [6, 6.07) is 9.77. The van der Waals surface area contributed by atoms with Gasteiger partial charge in [0, 0.05) is 19.8 Å². The maximum atomic E-state index is 11.6. The van der Waals surface area contributed by atoms with Gasteiger partial charge in [0.1, 0.15) is 0 Å². The lowest BCUT2D eigenvalue weighted by Gasteiger charge is -2.45. The third-order valence-corrected chi connectivity index (χ3v) is 6.84. The highest BCUT2D eigenvalue weighted by Crippen LogP contribution is 2.51. The Kier molecular flexibility index (Phi) is 4.59. The molecule has 2 aliphatic heterocycles. The van der Waals surface area contributed by atoms with Crippen molar-refractivity contribution in [2.75, 3.05) is 33.2 Å². The fraction of sp³-hybridized carbons (Fsp3) is 0.667. The van der Waals surface area contributed by atoms with Crippen molar-refractivity contribution in [1.29, 1.82) is 0 Å². The lowest BCUT2D eigenvalue weighted by molar-refractivity contribution is -0.119. The van der Waals surface area contributed by atoms with E-state index in [0.717, 1.165) is 12.5 Å². The quantitative estimate of drug-likeness (QED) is 0.897. The van der Waals surface area contributed by atoms with Crippen LogP contribution in [-0.2, 0) is 10.2 Å². The monoisotopic (exact) mass is 343 g/mol. The zero-order valence-corrected chi connectivity index (χ0v) is 15.6. The highest BCUT2D eigenvalue weighted by Gasteiger charge is 2.46. The fourth-order valence-corrected chi connectivity index (χ4v) is 5.42. The number of nitrogens with zero attached hydrogens (tertiary/aromatic N) is 2. The van der Waals surface area contributed by atoms with E-state index in [2.05, 4.69) is 46.4 Å². The third-order valence-electron chi connectivity index (χ3n) is 6.84. The molecule has 4 heteroatoms. The van der Waals surface area contributed by atoms with Crippen LogP contribution in [0.25, 0.3) is 0 Å². The summed E-state index contributed by atoms with van der Waals surface area (Å²) in [6.07, 6.45) is 6.16. The predicted molar refractivity (Wildman–Crippen MR) is 103 cm³/mol. The van der Waals surface area contributed by atoms with E-state index in [4.69, 9.17) is 0 Å². The maximum Gasteiger partial charge on any atom is 0.217 e. The van der Waals surface area contributed by atoms with Gasteiger partial charge in [0.05, 0.1) is 6.04 Å². The average Bonchev–Trinajstić information content (AvgIpc) is 2.90. The minimum atomic E-state index is 0. The first-order chi connectivity index (χ1) is 12.1. The number of benzene rings is 1. The van der Waals surface area contributed by atoms with Gasteiger partial charge in [0.25, 0.3) is 0 Å². The van der Waals surface area contributed by atoms with Crippen LogP contribution in [0, 0.1) is 0 Å². The zero-order valence-electron chi connectivity index (χ0n) is 15.6. The molecular weight excluding hydrogens is 310 g/mol. The summed E-state index contributed by atoms with van der Waals surface area (Å²) in [7, 11) is 2.24. The number of amides is 1. The molecule has 25 heavy (non-hydrogen) atoms. The average molecular weight is 344 g/mol. The van der Waals surface area contributed by atoms with Crippen LogP contribution in [0.15, 0.2) is 24.3 Å². The number of fused-ring (bicyclic) bond motifs is 2. The van der Waals surface area contributed by atoms with Crippen molar-refractivity contribution in [3.05, 3.63) is 35.4 Å². The number of carbonyl (C=O) groups excluding carboxylic acids is 1. The summed E-state index contributed by atoms with van der Waals surface area (Å²) in [5.41, 5.74) is 3.12. The molecule has 1 spiro atoms. The van der Waals surface area contributed by atoms with Crippen molar-refractivity contribution in [2.45, 2.75) is 56.5 Å². The molecule has 1 aromatic carbocycles. The van der Waals surface area contributed by atoms with E-state index in [0.29, 0.717) is 0 Å². The van der Waals surface area contributed by atoms with Crippen molar-refractivity contribution in [1.82, 2.24) is 15.1 Å². The molecule has 2 saturated heterocycles. The molecule has 1 atom stereocenters. The van der Waals surface area contributed by atoms with Gasteiger partial charge in [-0.3, -0.25) is 4.79 Å². The lowest BCUT2D eigenvalue weighted by Crippen LogP contribution is -2.49. The lowest BCUT2D eigenvalue weighted by atomic mass is 9.73. The number of likely N-dealkylation sites (tertiary alicyclic amines) is 2. The van der Waals surface area contributed by atoms with E-state index in [1.54, 1.807) is 6.92 Å². The summed E-state index contributed by atoms with van der Waals surface area (Å²) in [5.74, 6) is 0.0839. The molecule has 1 aromatic rings. The first-order valence-corrected chi connectivity index (χ1v) is 9.86. The highest BCUT2D eigenvalue weighted by molar-refractivity contribution is 5.73. The first-order valence-electron chi connectivity index (χ1n) is 9.86. The number of piperidine rings is 2. The number of rotatable bonds is 2. The first kappa shape index (κ1) is 17.0. The Morgan fingerprint density at radius 2 is 1.84 bits per heavy atom. The molecule has 1 N–H and O–H groups in total. The maximum absolute atomic E-state index is 11.6. The van der Waals surface area contributed by atoms with Gasteiger partial charge in [0.2, 0.25) is 5.91 Å². The molecule has 138 valence electrons. The van der Waals surface area contributed by atoms with Crippen LogP contribution >= 0.6 is 0 Å². The van der Waals surface area contributed by atoms with Gasteiger partial charge in [-0.15, -0.1) is 0 Å². The van der Waals surface area contributed by atoms with Gasteiger partial charge in [-0.05, 0) is 76.5 Å². The Morgan fingerprint density at radius 3 is 2.52 bits per heavy atom. The second kappa shape index (κ2) is 6.73. The van der Waals surface area contributed by atoms with Crippen LogP contribution in [-0.4, -0.2) is 55.0 Å². The molecule has 0 radical (unpaired) electrons. The van der Waals surface area contributed by atoms with E-state index in [-0.39, 0.29) is 18.8 Å². The van der Waals surface area contributed by atoms with Gasteiger partial charge >= 0.3 is 0 Å². The van der Waals surface area contributed by atoms with Gasteiger partial charge in [-0.1, -0.05) is 24.3 Å². The molecule has 3 aliphatic rings. The van der Waals surface area contributed by atoms with E-state index >= 15 is 0 Å². The van der Waals surface area contributed by atoms with Crippen LogP contribution in [0.4, 0.5) is 0 Å². The Morgan fingerprint density at radius 1 is 1.16 bits per heavy atom. The van der Waals surface area contributed by atoms with Crippen molar-refractivity contribution < 1.29 is 6.22 Å². The molecule has 0 saturated carbocycles. The largest absolute Gasteiger partial charge is 0.349 e. The zero-order chi connectivity index (χ0) is 17.4. The standard InChI is InChI=1S/C21H31N3O.H2/c1-16(25)22-20-15-21(19-6-4-3-5-18(19)20)9-13-24(14-10-21)17-7-11-23(2)12-8-17;/h3-6,17,20H,7-15H2,1-2H3,(H,22,25);1H/t20-;/m0./s1. The molecule has 4 nitrogen and oxygen atoms in total. The predicted octanol–water partition coefficient (Wildman–Crippen LogP) is 2.94. The highest BCUT2D eigenvalue weighted by atomic mass is 16.1. The summed E-state index contributed by atoms with van der Waals surface area (Å²) >= 11 is 0. The van der Waals surface area contributed by atoms with Crippen molar-refractivity contribution in [3.8, 4) is 0 Å². The Balaban J connectivity index is 0.00000196. The molecule has 1 aliphatic carbocycles. The fourth-order valence-electron chi connectivity index (χ4n) is 5.42. The Hall–Kier alpha value is -1.39. The summed E-state index contributed by atoms with van der Waals surface area (Å²) in [5, 5.41) is 3.19. The smallest absolute Gasteiger partial charge is 0.217 e.